The molecule has 4 nitrogen and oxygen atoms in total. The number of halogens is 1. The molecule has 1 saturated heterocycles. The average Bonchev–Trinajstić information content (AvgIpc) is 3.05. The van der Waals surface area contributed by atoms with Gasteiger partial charge in [-0.15, -0.1) is 24.0 Å². The Morgan fingerprint density at radius 2 is 1.96 bits per heavy atom. The summed E-state index contributed by atoms with van der Waals surface area (Å²) in [7, 11) is 3.63. The standard InChI is InChI=1S/C20H31N3O.HI/c1-21-20(23-14-17-9-3-4-10-18(17)15-23)22-12-6-8-16-7-5-11-19(13-16)24-2;/h5,7,11,13,17-18H,3-4,6,8-10,12,14-15H2,1-2H3,(H,21,22);1H. The highest BCUT2D eigenvalue weighted by Crippen LogP contribution is 2.35. The lowest BCUT2D eigenvalue weighted by Gasteiger charge is -2.22. The normalized spacial score (nSPS) is 23.0. The fourth-order valence-electron chi connectivity index (χ4n) is 4.23. The second-order valence-corrected chi connectivity index (χ2v) is 7.14. The van der Waals surface area contributed by atoms with Crippen molar-refractivity contribution in [1.29, 1.82) is 0 Å². The Kier molecular flexibility index (Phi) is 8.33. The van der Waals surface area contributed by atoms with E-state index in [1.54, 1.807) is 7.11 Å². The highest BCUT2D eigenvalue weighted by molar-refractivity contribution is 14.0. The third-order valence-electron chi connectivity index (χ3n) is 5.55. The van der Waals surface area contributed by atoms with Crippen LogP contribution in [0.15, 0.2) is 29.3 Å². The molecule has 1 aromatic rings. The number of likely N-dealkylation sites (tertiary alicyclic amines) is 1. The van der Waals surface area contributed by atoms with Gasteiger partial charge in [-0.2, -0.15) is 0 Å². The van der Waals surface area contributed by atoms with Crippen LogP contribution in [-0.2, 0) is 6.42 Å². The summed E-state index contributed by atoms with van der Waals surface area (Å²) < 4.78 is 5.29. The maximum absolute atomic E-state index is 5.29. The number of aliphatic imine (C=N–C) groups is 1. The number of fused-ring (bicyclic) bond motifs is 1. The molecule has 0 spiro atoms. The van der Waals surface area contributed by atoms with Gasteiger partial charge in [0.2, 0.25) is 0 Å². The van der Waals surface area contributed by atoms with Crippen LogP contribution >= 0.6 is 24.0 Å². The molecular weight excluding hydrogens is 425 g/mol. The van der Waals surface area contributed by atoms with Crippen molar-refractivity contribution in [3.05, 3.63) is 29.8 Å². The van der Waals surface area contributed by atoms with Crippen molar-refractivity contribution in [1.82, 2.24) is 10.2 Å². The molecule has 3 rings (SSSR count). The Bertz CT molecular complexity index is 550. The number of rotatable bonds is 5. The number of benzene rings is 1. The molecule has 2 unspecified atom stereocenters. The molecule has 2 fully saturated rings. The first-order valence-electron chi connectivity index (χ1n) is 9.38. The van der Waals surface area contributed by atoms with Gasteiger partial charge in [-0.1, -0.05) is 25.0 Å². The van der Waals surface area contributed by atoms with Gasteiger partial charge in [0.05, 0.1) is 7.11 Å². The number of nitrogens with one attached hydrogen (secondary N) is 1. The maximum atomic E-state index is 5.29. The summed E-state index contributed by atoms with van der Waals surface area (Å²) in [5, 5.41) is 3.56. The van der Waals surface area contributed by atoms with Gasteiger partial charge in [0.1, 0.15) is 5.75 Å². The Morgan fingerprint density at radius 3 is 2.60 bits per heavy atom. The van der Waals surface area contributed by atoms with E-state index in [9.17, 15) is 0 Å². The fraction of sp³-hybridized carbons (Fsp3) is 0.650. The van der Waals surface area contributed by atoms with Crippen LogP contribution < -0.4 is 10.1 Å². The van der Waals surface area contributed by atoms with Crippen LogP contribution in [0.25, 0.3) is 0 Å². The summed E-state index contributed by atoms with van der Waals surface area (Å²) in [4.78, 5) is 6.99. The first-order valence-corrected chi connectivity index (χ1v) is 9.38. The molecule has 1 aromatic carbocycles. The lowest BCUT2D eigenvalue weighted by molar-refractivity contribution is 0.299. The van der Waals surface area contributed by atoms with E-state index < -0.39 is 0 Å². The van der Waals surface area contributed by atoms with Crippen LogP contribution in [0.5, 0.6) is 5.75 Å². The number of methoxy groups -OCH3 is 1. The molecule has 0 amide bonds. The predicted octanol–water partition coefficient (Wildman–Crippen LogP) is 3.94. The third-order valence-corrected chi connectivity index (χ3v) is 5.55. The average molecular weight is 457 g/mol. The molecule has 0 radical (unpaired) electrons. The molecule has 1 aliphatic carbocycles. The van der Waals surface area contributed by atoms with Gasteiger partial charge >= 0.3 is 0 Å². The predicted molar refractivity (Wildman–Crippen MR) is 115 cm³/mol. The number of aryl methyl sites for hydroxylation is 1. The minimum absolute atomic E-state index is 0. The van der Waals surface area contributed by atoms with Crippen LogP contribution in [0.4, 0.5) is 0 Å². The molecule has 0 bridgehead atoms. The topological polar surface area (TPSA) is 36.9 Å². The molecule has 1 aliphatic heterocycles. The summed E-state index contributed by atoms with van der Waals surface area (Å²) in [6.07, 6.45) is 7.82. The molecule has 2 atom stereocenters. The van der Waals surface area contributed by atoms with Crippen LogP contribution in [-0.4, -0.2) is 44.7 Å². The zero-order valence-corrected chi connectivity index (χ0v) is 17.9. The Balaban J connectivity index is 0.00000225. The maximum Gasteiger partial charge on any atom is 0.193 e. The van der Waals surface area contributed by atoms with Crippen LogP contribution in [0.2, 0.25) is 0 Å². The van der Waals surface area contributed by atoms with Gasteiger partial charge in [-0.3, -0.25) is 4.99 Å². The number of guanidine groups is 1. The fourth-order valence-corrected chi connectivity index (χ4v) is 4.23. The van der Waals surface area contributed by atoms with Crippen molar-refractivity contribution >= 4 is 29.9 Å². The van der Waals surface area contributed by atoms with E-state index in [0.717, 1.165) is 42.9 Å². The van der Waals surface area contributed by atoms with Gasteiger partial charge in [0, 0.05) is 26.7 Å². The number of nitrogens with zero attached hydrogens (tertiary/aromatic N) is 2. The van der Waals surface area contributed by atoms with E-state index in [2.05, 4.69) is 33.4 Å². The molecule has 1 heterocycles. The number of hydrogen-bond acceptors (Lipinski definition) is 2. The quantitative estimate of drug-likeness (QED) is 0.315. The first-order chi connectivity index (χ1) is 11.8. The molecule has 25 heavy (non-hydrogen) atoms. The highest BCUT2D eigenvalue weighted by atomic mass is 127. The first kappa shape index (κ1) is 20.3. The summed E-state index contributed by atoms with van der Waals surface area (Å²) in [6, 6.07) is 8.35. The third kappa shape index (κ3) is 5.50. The van der Waals surface area contributed by atoms with Crippen molar-refractivity contribution in [2.45, 2.75) is 38.5 Å². The molecule has 0 aromatic heterocycles. The van der Waals surface area contributed by atoms with Crippen molar-refractivity contribution in [2.24, 2.45) is 16.8 Å². The molecule has 5 heteroatoms. The summed E-state index contributed by atoms with van der Waals surface area (Å²) >= 11 is 0. The van der Waals surface area contributed by atoms with E-state index >= 15 is 0 Å². The summed E-state index contributed by atoms with van der Waals surface area (Å²) in [6.45, 7) is 3.36. The van der Waals surface area contributed by atoms with Gasteiger partial charge in [0.25, 0.3) is 0 Å². The lowest BCUT2D eigenvalue weighted by Crippen LogP contribution is -2.40. The minimum atomic E-state index is 0. The van der Waals surface area contributed by atoms with Gasteiger partial charge in [-0.25, -0.2) is 0 Å². The SMILES string of the molecule is CN=C(NCCCc1cccc(OC)c1)N1CC2CCCCC2C1.I. The Hall–Kier alpha value is -0.980. The molecular formula is C20H32IN3O. The van der Waals surface area contributed by atoms with Crippen LogP contribution in [0, 0.1) is 11.8 Å². The monoisotopic (exact) mass is 457 g/mol. The van der Waals surface area contributed by atoms with Crippen molar-refractivity contribution in [2.75, 3.05) is 33.8 Å². The van der Waals surface area contributed by atoms with Gasteiger partial charge < -0.3 is 15.0 Å². The molecule has 1 N–H and O–H groups in total. The Labute approximate surface area is 169 Å². The van der Waals surface area contributed by atoms with Gasteiger partial charge in [0.15, 0.2) is 5.96 Å². The van der Waals surface area contributed by atoms with E-state index in [-0.39, 0.29) is 24.0 Å². The van der Waals surface area contributed by atoms with Crippen LogP contribution in [0.1, 0.15) is 37.7 Å². The molecule has 2 aliphatic rings. The summed E-state index contributed by atoms with van der Waals surface area (Å²) in [5.41, 5.74) is 1.33. The summed E-state index contributed by atoms with van der Waals surface area (Å²) in [5.74, 6) is 3.83. The second kappa shape index (κ2) is 10.2. The van der Waals surface area contributed by atoms with Crippen molar-refractivity contribution in [3.8, 4) is 5.75 Å². The largest absolute Gasteiger partial charge is 0.497 e. The number of hydrogen-bond donors (Lipinski definition) is 1. The van der Waals surface area contributed by atoms with E-state index in [0.29, 0.717) is 0 Å². The van der Waals surface area contributed by atoms with E-state index in [1.807, 2.05) is 13.1 Å². The van der Waals surface area contributed by atoms with Crippen molar-refractivity contribution < 1.29 is 4.74 Å². The zero-order valence-electron chi connectivity index (χ0n) is 15.5. The zero-order chi connectivity index (χ0) is 16.8. The molecule has 140 valence electrons. The van der Waals surface area contributed by atoms with E-state index in [1.165, 1.54) is 44.3 Å². The minimum Gasteiger partial charge on any atom is -0.497 e. The second-order valence-electron chi connectivity index (χ2n) is 7.14. The molecule has 1 saturated carbocycles. The van der Waals surface area contributed by atoms with Crippen molar-refractivity contribution in [3.63, 3.8) is 0 Å². The number of ether oxygens (including phenoxy) is 1. The van der Waals surface area contributed by atoms with E-state index in [4.69, 9.17) is 4.74 Å². The highest BCUT2D eigenvalue weighted by Gasteiger charge is 2.35. The Morgan fingerprint density at radius 1 is 1.24 bits per heavy atom. The lowest BCUT2D eigenvalue weighted by atomic mass is 9.82. The van der Waals surface area contributed by atoms with Crippen LogP contribution in [0.3, 0.4) is 0 Å². The smallest absolute Gasteiger partial charge is 0.193 e. The van der Waals surface area contributed by atoms with Gasteiger partial charge in [-0.05, 0) is 55.2 Å².